The van der Waals surface area contributed by atoms with Crippen molar-refractivity contribution in [3.8, 4) is 11.5 Å². The van der Waals surface area contributed by atoms with Gasteiger partial charge in [-0.3, -0.25) is 14.4 Å². The minimum absolute atomic E-state index is 0.0355. The van der Waals surface area contributed by atoms with Crippen LogP contribution in [0.5, 0.6) is 11.5 Å². The lowest BCUT2D eigenvalue weighted by Gasteiger charge is -2.41. The van der Waals surface area contributed by atoms with Gasteiger partial charge in [-0.05, 0) is 71.3 Å². The number of unbranched alkanes of at least 4 members (excludes halogenated alkanes) is 4. The van der Waals surface area contributed by atoms with Crippen LogP contribution in [0.2, 0.25) is 0 Å². The first kappa shape index (κ1) is 35.4. The van der Waals surface area contributed by atoms with Gasteiger partial charge in [-0.1, -0.05) is 44.7 Å². The molecule has 44 heavy (non-hydrogen) atoms. The Bertz CT molecular complexity index is 1300. The van der Waals surface area contributed by atoms with Crippen LogP contribution in [0.3, 0.4) is 0 Å². The highest BCUT2D eigenvalue weighted by atomic mass is 127. The number of carbonyl (C=O) groups excluding carboxylic acids is 3. The SMILES string of the molecule is CCCCCCCC(=O)N(CCc1cccc(F)c1)C1CC(C(=O)NCCO)=CC(Oc2c(I)cc(C=O)cc2OC)C1O. The molecule has 240 valence electrons. The van der Waals surface area contributed by atoms with Crippen LogP contribution in [0.4, 0.5) is 4.39 Å². The van der Waals surface area contributed by atoms with Crippen molar-refractivity contribution in [2.75, 3.05) is 26.8 Å². The van der Waals surface area contributed by atoms with E-state index in [1.807, 2.05) is 22.6 Å². The number of nitrogens with one attached hydrogen (secondary N) is 1. The van der Waals surface area contributed by atoms with Crippen LogP contribution in [0.25, 0.3) is 0 Å². The van der Waals surface area contributed by atoms with Crippen LogP contribution < -0.4 is 14.8 Å². The van der Waals surface area contributed by atoms with Gasteiger partial charge >= 0.3 is 0 Å². The van der Waals surface area contributed by atoms with Gasteiger partial charge in [-0.2, -0.15) is 0 Å². The standard InChI is InChI=1S/C33H42FIN2O7/c1-3-4-5-6-7-11-30(40)37(14-12-22-9-8-10-25(34)16-22)27-19-24(33(42)36-13-15-38)20-28(31(27)41)44-32-26(35)17-23(21-39)18-29(32)43-2/h8-10,16-18,20-21,27-28,31,38,41H,3-7,11-15,19H2,1-2H3,(H,36,42). The average Bonchev–Trinajstić information content (AvgIpc) is 3.01. The van der Waals surface area contributed by atoms with Gasteiger partial charge in [0.05, 0.1) is 23.3 Å². The van der Waals surface area contributed by atoms with Crippen LogP contribution in [-0.4, -0.2) is 78.3 Å². The summed E-state index contributed by atoms with van der Waals surface area (Å²) in [7, 11) is 1.43. The topological polar surface area (TPSA) is 125 Å². The fourth-order valence-electron chi connectivity index (χ4n) is 5.28. The molecule has 2 aromatic rings. The van der Waals surface area contributed by atoms with E-state index in [9.17, 15) is 29.0 Å². The zero-order valence-electron chi connectivity index (χ0n) is 25.3. The maximum atomic E-state index is 13.9. The van der Waals surface area contributed by atoms with Gasteiger partial charge in [-0.15, -0.1) is 0 Å². The molecule has 3 rings (SSSR count). The van der Waals surface area contributed by atoms with Gasteiger partial charge in [0.2, 0.25) is 11.8 Å². The minimum Gasteiger partial charge on any atom is -0.493 e. The fraction of sp³-hybridized carbons (Fsp3) is 0.485. The average molecular weight is 725 g/mol. The van der Waals surface area contributed by atoms with E-state index in [0.717, 1.165) is 25.7 Å². The molecule has 3 unspecified atom stereocenters. The third kappa shape index (κ3) is 10.00. The third-order valence-corrected chi connectivity index (χ3v) is 8.40. The van der Waals surface area contributed by atoms with Gasteiger partial charge < -0.3 is 29.9 Å². The van der Waals surface area contributed by atoms with Crippen LogP contribution in [0, 0.1) is 9.39 Å². The molecular weight excluding hydrogens is 682 g/mol. The molecule has 3 atom stereocenters. The smallest absolute Gasteiger partial charge is 0.247 e. The maximum absolute atomic E-state index is 13.9. The summed E-state index contributed by atoms with van der Waals surface area (Å²) >= 11 is 2.01. The largest absolute Gasteiger partial charge is 0.493 e. The summed E-state index contributed by atoms with van der Waals surface area (Å²) in [5.74, 6) is -0.431. The zero-order valence-corrected chi connectivity index (χ0v) is 27.4. The van der Waals surface area contributed by atoms with Crippen molar-refractivity contribution in [1.29, 1.82) is 0 Å². The number of hydrogen-bond acceptors (Lipinski definition) is 7. The van der Waals surface area contributed by atoms with Crippen molar-refractivity contribution in [1.82, 2.24) is 10.2 Å². The van der Waals surface area contributed by atoms with E-state index in [1.165, 1.54) is 31.4 Å². The summed E-state index contributed by atoms with van der Waals surface area (Å²) in [5, 5.41) is 23.6. The Balaban J connectivity index is 1.96. The van der Waals surface area contributed by atoms with E-state index in [2.05, 4.69) is 12.2 Å². The number of benzene rings is 2. The summed E-state index contributed by atoms with van der Waals surface area (Å²) < 4.78 is 26.2. The lowest BCUT2D eigenvalue weighted by molar-refractivity contribution is -0.138. The Labute approximate surface area is 271 Å². The number of ether oxygens (including phenoxy) is 2. The minimum atomic E-state index is -1.23. The molecule has 1 aliphatic rings. The van der Waals surface area contributed by atoms with Crippen LogP contribution in [-0.2, 0) is 16.0 Å². The quantitative estimate of drug-likeness (QED) is 0.124. The third-order valence-electron chi connectivity index (χ3n) is 7.60. The molecule has 0 heterocycles. The number of rotatable bonds is 17. The zero-order chi connectivity index (χ0) is 32.1. The van der Waals surface area contributed by atoms with Gasteiger partial charge in [0, 0.05) is 37.1 Å². The lowest BCUT2D eigenvalue weighted by Crippen LogP contribution is -2.55. The second kappa shape index (κ2) is 18.1. The summed E-state index contributed by atoms with van der Waals surface area (Å²) in [5.41, 5.74) is 1.38. The van der Waals surface area contributed by atoms with E-state index >= 15 is 0 Å². The Morgan fingerprint density at radius 1 is 1.18 bits per heavy atom. The molecule has 3 N–H and O–H groups in total. The Hall–Kier alpha value is -3.03. The van der Waals surface area contributed by atoms with Gasteiger partial charge in [0.15, 0.2) is 11.5 Å². The molecule has 0 saturated carbocycles. The fourth-order valence-corrected chi connectivity index (χ4v) is 6.03. The molecule has 2 amide bonds. The Morgan fingerprint density at radius 3 is 2.64 bits per heavy atom. The molecule has 0 fully saturated rings. The number of carbonyl (C=O) groups is 3. The predicted molar refractivity (Wildman–Crippen MR) is 173 cm³/mol. The van der Waals surface area contributed by atoms with Gasteiger partial charge in [0.25, 0.3) is 0 Å². The van der Waals surface area contributed by atoms with E-state index in [-0.39, 0.29) is 55.8 Å². The first-order chi connectivity index (χ1) is 21.2. The van der Waals surface area contributed by atoms with E-state index < -0.39 is 24.2 Å². The molecule has 0 aromatic heterocycles. The van der Waals surface area contributed by atoms with Gasteiger partial charge in [0.1, 0.15) is 24.3 Å². The second-order valence-corrected chi connectivity index (χ2v) is 12.0. The number of halogens is 2. The van der Waals surface area contributed by atoms with Crippen LogP contribution in [0.15, 0.2) is 48.0 Å². The predicted octanol–water partition coefficient (Wildman–Crippen LogP) is 4.60. The van der Waals surface area contributed by atoms with E-state index in [4.69, 9.17) is 9.47 Å². The molecule has 9 nitrogen and oxygen atoms in total. The van der Waals surface area contributed by atoms with Crippen molar-refractivity contribution in [2.45, 2.75) is 76.5 Å². The van der Waals surface area contributed by atoms with Crippen molar-refractivity contribution in [3.05, 3.63) is 68.6 Å². The van der Waals surface area contributed by atoms with Crippen LogP contribution >= 0.6 is 22.6 Å². The van der Waals surface area contributed by atoms with E-state index in [1.54, 1.807) is 23.1 Å². The molecule has 0 aliphatic heterocycles. The summed E-state index contributed by atoms with van der Waals surface area (Å²) in [6.45, 7) is 2.11. The lowest BCUT2D eigenvalue weighted by atomic mass is 9.87. The molecule has 0 saturated heterocycles. The summed E-state index contributed by atoms with van der Waals surface area (Å²) in [6, 6.07) is 8.48. The van der Waals surface area contributed by atoms with Crippen molar-refractivity contribution >= 4 is 40.7 Å². The molecule has 11 heteroatoms. The maximum Gasteiger partial charge on any atom is 0.247 e. The van der Waals surface area contributed by atoms with Gasteiger partial charge in [-0.25, -0.2) is 4.39 Å². The summed E-state index contributed by atoms with van der Waals surface area (Å²) in [4.78, 5) is 39.9. The highest BCUT2D eigenvalue weighted by molar-refractivity contribution is 14.1. The first-order valence-electron chi connectivity index (χ1n) is 15.0. The molecule has 0 bridgehead atoms. The van der Waals surface area contributed by atoms with Crippen molar-refractivity contribution in [3.63, 3.8) is 0 Å². The number of aliphatic hydroxyl groups is 2. The molecule has 2 aromatic carbocycles. The first-order valence-corrected chi connectivity index (χ1v) is 16.1. The molecule has 0 spiro atoms. The van der Waals surface area contributed by atoms with Crippen LogP contribution in [0.1, 0.15) is 67.8 Å². The normalized spacial score (nSPS) is 17.9. The highest BCUT2D eigenvalue weighted by Crippen LogP contribution is 2.37. The number of aldehydes is 1. The monoisotopic (exact) mass is 724 g/mol. The number of aliphatic hydroxyl groups excluding tert-OH is 2. The number of methoxy groups -OCH3 is 1. The molecular formula is C33H42FIN2O7. The summed E-state index contributed by atoms with van der Waals surface area (Å²) in [6.07, 6.45) is 5.40. The number of nitrogens with zero attached hydrogens (tertiary/aromatic N) is 1. The molecule has 0 radical (unpaired) electrons. The van der Waals surface area contributed by atoms with Crippen molar-refractivity contribution in [2.24, 2.45) is 0 Å². The number of hydrogen-bond donors (Lipinski definition) is 3. The van der Waals surface area contributed by atoms with E-state index in [0.29, 0.717) is 39.4 Å². The Kier molecular flexibility index (Phi) is 14.6. The number of amides is 2. The Morgan fingerprint density at radius 2 is 1.95 bits per heavy atom. The molecule has 1 aliphatic carbocycles. The van der Waals surface area contributed by atoms with Crippen molar-refractivity contribution < 1.29 is 38.5 Å². The second-order valence-electron chi connectivity index (χ2n) is 10.8. The highest BCUT2D eigenvalue weighted by Gasteiger charge is 2.40.